The molecular weight excluding hydrogens is 588 g/mol. The first-order chi connectivity index (χ1) is 21.4. The molecule has 1 aromatic carbocycles. The van der Waals surface area contributed by atoms with Crippen LogP contribution in [0.4, 0.5) is 9.59 Å². The van der Waals surface area contributed by atoms with Crippen LogP contribution in [0.25, 0.3) is 0 Å². The van der Waals surface area contributed by atoms with Crippen LogP contribution in [0.2, 0.25) is 0 Å². The van der Waals surface area contributed by atoms with Crippen molar-refractivity contribution in [3.63, 3.8) is 0 Å². The second kappa shape index (κ2) is 16.7. The lowest BCUT2D eigenvalue weighted by molar-refractivity contribution is -0.152. The molecule has 10 heteroatoms. The van der Waals surface area contributed by atoms with Gasteiger partial charge in [-0.1, -0.05) is 42.5 Å². The van der Waals surface area contributed by atoms with Crippen molar-refractivity contribution in [2.45, 2.75) is 104 Å². The fourth-order valence-electron chi connectivity index (χ4n) is 5.79. The predicted molar refractivity (Wildman–Crippen MR) is 177 cm³/mol. The first kappa shape index (κ1) is 38.4. The molecule has 3 rings (SSSR count). The SMILES string of the molecule is C=CCC1(C(=O)O)CCCN(C(=O)OC(C)(C)C)C1.C=CCC1(CC(=O)OCc2ccccc2)CCCN(C(=O)OC(C)(C)C)C1. The highest BCUT2D eigenvalue weighted by Gasteiger charge is 2.43. The van der Waals surface area contributed by atoms with Crippen LogP contribution in [0.5, 0.6) is 0 Å². The Hall–Kier alpha value is -3.82. The summed E-state index contributed by atoms with van der Waals surface area (Å²) < 4.78 is 16.3. The number of carbonyl (C=O) groups excluding carboxylic acids is 3. The van der Waals surface area contributed by atoms with Gasteiger partial charge in [0, 0.05) is 31.6 Å². The van der Waals surface area contributed by atoms with Gasteiger partial charge in [0.2, 0.25) is 0 Å². The molecule has 46 heavy (non-hydrogen) atoms. The monoisotopic (exact) mass is 642 g/mol. The number of ether oxygens (including phenoxy) is 3. The Labute approximate surface area is 274 Å². The summed E-state index contributed by atoms with van der Waals surface area (Å²) in [6.45, 7) is 20.5. The maximum absolute atomic E-state index is 12.5. The van der Waals surface area contributed by atoms with E-state index in [1.165, 1.54) is 4.90 Å². The summed E-state index contributed by atoms with van der Waals surface area (Å²) in [4.78, 5) is 51.7. The molecule has 0 bridgehead atoms. The van der Waals surface area contributed by atoms with Crippen molar-refractivity contribution in [1.29, 1.82) is 0 Å². The number of piperidine rings is 2. The predicted octanol–water partition coefficient (Wildman–Crippen LogP) is 7.38. The van der Waals surface area contributed by atoms with E-state index in [1.54, 1.807) is 31.7 Å². The van der Waals surface area contributed by atoms with E-state index < -0.39 is 28.7 Å². The Balaban J connectivity index is 0.000000341. The van der Waals surface area contributed by atoms with Crippen LogP contribution in [0.3, 0.4) is 0 Å². The van der Waals surface area contributed by atoms with Gasteiger partial charge in [-0.3, -0.25) is 9.59 Å². The average molecular weight is 643 g/mol. The Morgan fingerprint density at radius 1 is 0.826 bits per heavy atom. The molecule has 10 nitrogen and oxygen atoms in total. The molecule has 2 aliphatic rings. The largest absolute Gasteiger partial charge is 0.481 e. The van der Waals surface area contributed by atoms with Gasteiger partial charge in [-0.2, -0.15) is 0 Å². The van der Waals surface area contributed by atoms with Crippen LogP contribution in [-0.2, 0) is 30.4 Å². The molecule has 2 amide bonds. The van der Waals surface area contributed by atoms with Crippen molar-refractivity contribution in [1.82, 2.24) is 9.80 Å². The van der Waals surface area contributed by atoms with E-state index in [1.807, 2.05) is 57.2 Å². The second-order valence-corrected chi connectivity index (χ2v) is 14.4. The molecule has 0 saturated carbocycles. The molecule has 2 fully saturated rings. The van der Waals surface area contributed by atoms with Gasteiger partial charge in [-0.15, -0.1) is 13.2 Å². The number of hydrogen-bond acceptors (Lipinski definition) is 7. The van der Waals surface area contributed by atoms with Crippen molar-refractivity contribution in [2.24, 2.45) is 10.8 Å². The summed E-state index contributed by atoms with van der Waals surface area (Å²) in [6.07, 6.45) is 6.87. The molecule has 2 heterocycles. The zero-order valence-corrected chi connectivity index (χ0v) is 28.6. The first-order valence-electron chi connectivity index (χ1n) is 16.0. The lowest BCUT2D eigenvalue weighted by Gasteiger charge is -2.42. The molecule has 256 valence electrons. The third-order valence-corrected chi connectivity index (χ3v) is 7.87. The Morgan fingerprint density at radius 2 is 1.35 bits per heavy atom. The molecule has 2 aliphatic heterocycles. The van der Waals surface area contributed by atoms with Crippen molar-refractivity contribution in [2.75, 3.05) is 26.2 Å². The third-order valence-electron chi connectivity index (χ3n) is 7.87. The normalized spacial score (nSPS) is 21.6. The van der Waals surface area contributed by atoms with Gasteiger partial charge >= 0.3 is 24.1 Å². The van der Waals surface area contributed by atoms with E-state index in [2.05, 4.69) is 13.2 Å². The molecule has 2 saturated heterocycles. The van der Waals surface area contributed by atoms with Gasteiger partial charge < -0.3 is 29.1 Å². The minimum absolute atomic E-state index is 0.184. The number of hydrogen-bond donors (Lipinski definition) is 1. The Kier molecular flexibility index (Phi) is 13.9. The van der Waals surface area contributed by atoms with Crippen LogP contribution in [0.15, 0.2) is 55.6 Å². The van der Waals surface area contributed by atoms with Gasteiger partial charge in [0.25, 0.3) is 0 Å². The standard InChI is InChI=1S/C22H31NO4.C14H23NO4/c1-5-12-22(15-19(24)26-16-18-10-7-6-8-11-18)13-9-14-23(17-22)20(25)27-21(2,3)4;1-5-7-14(11(16)17)8-6-9-15(10-14)12(18)19-13(2,3)4/h5-8,10-11H,1,9,12-17H2,2-4H3;5H,1,6-10H2,2-4H3,(H,16,17). The molecule has 1 aromatic rings. The average Bonchev–Trinajstić information content (AvgIpc) is 2.96. The lowest BCUT2D eigenvalue weighted by atomic mass is 9.74. The van der Waals surface area contributed by atoms with Crippen LogP contribution >= 0.6 is 0 Å². The number of rotatable bonds is 9. The van der Waals surface area contributed by atoms with Crippen molar-refractivity contribution < 1.29 is 38.5 Å². The zero-order chi connectivity index (χ0) is 34.6. The molecular formula is C36H54N2O8. The minimum atomic E-state index is -0.920. The van der Waals surface area contributed by atoms with Gasteiger partial charge in [0.15, 0.2) is 0 Å². The number of allylic oxidation sites excluding steroid dienone is 2. The molecule has 2 unspecified atom stereocenters. The maximum Gasteiger partial charge on any atom is 0.410 e. The minimum Gasteiger partial charge on any atom is -0.481 e. The number of likely N-dealkylation sites (tertiary alicyclic amines) is 2. The summed E-state index contributed by atoms with van der Waals surface area (Å²) >= 11 is 0. The van der Waals surface area contributed by atoms with Gasteiger partial charge in [0.05, 0.1) is 11.8 Å². The van der Waals surface area contributed by atoms with E-state index >= 15 is 0 Å². The molecule has 2 atom stereocenters. The van der Waals surface area contributed by atoms with Gasteiger partial charge in [0.1, 0.15) is 17.8 Å². The third kappa shape index (κ3) is 12.5. The number of aliphatic carboxylic acids is 1. The van der Waals surface area contributed by atoms with Gasteiger partial charge in [-0.25, -0.2) is 9.59 Å². The maximum atomic E-state index is 12.5. The first-order valence-corrected chi connectivity index (χ1v) is 16.0. The van der Waals surface area contributed by atoms with Crippen molar-refractivity contribution in [3.8, 4) is 0 Å². The summed E-state index contributed by atoms with van der Waals surface area (Å²) in [5.74, 6) is -1.12. The number of amides is 2. The van der Waals surface area contributed by atoms with Crippen molar-refractivity contribution >= 4 is 24.1 Å². The van der Waals surface area contributed by atoms with Crippen LogP contribution < -0.4 is 0 Å². The quantitative estimate of drug-likeness (QED) is 0.168. The number of nitrogens with zero attached hydrogens (tertiary/aromatic N) is 2. The summed E-state index contributed by atoms with van der Waals surface area (Å²) in [5, 5.41) is 9.43. The fourth-order valence-corrected chi connectivity index (χ4v) is 5.79. The highest BCUT2D eigenvalue weighted by atomic mass is 16.6. The van der Waals surface area contributed by atoms with Crippen molar-refractivity contribution in [3.05, 3.63) is 61.2 Å². The van der Waals surface area contributed by atoms with E-state index in [-0.39, 0.29) is 37.0 Å². The van der Waals surface area contributed by atoms with Crippen LogP contribution in [0.1, 0.15) is 92.1 Å². The topological polar surface area (TPSA) is 123 Å². The highest BCUT2D eigenvalue weighted by Crippen LogP contribution is 2.38. The summed E-state index contributed by atoms with van der Waals surface area (Å²) in [6, 6.07) is 9.62. The molecule has 0 spiro atoms. The van der Waals surface area contributed by atoms with E-state index in [0.717, 1.165) is 18.4 Å². The molecule has 0 aromatic heterocycles. The summed E-state index contributed by atoms with van der Waals surface area (Å²) in [5.41, 5.74) is -1.41. The Morgan fingerprint density at radius 3 is 1.85 bits per heavy atom. The zero-order valence-electron chi connectivity index (χ0n) is 28.6. The number of esters is 1. The van der Waals surface area contributed by atoms with Crippen LogP contribution in [-0.4, -0.2) is 76.4 Å². The van der Waals surface area contributed by atoms with E-state index in [0.29, 0.717) is 45.3 Å². The Bertz CT molecular complexity index is 1200. The number of carboxylic acids is 1. The molecule has 0 aliphatic carbocycles. The highest BCUT2D eigenvalue weighted by molar-refractivity contribution is 5.77. The number of carboxylic acid groups (broad SMARTS) is 1. The molecule has 1 N–H and O–H groups in total. The number of benzene rings is 1. The lowest BCUT2D eigenvalue weighted by Crippen LogP contribution is -2.50. The smallest absolute Gasteiger partial charge is 0.410 e. The van der Waals surface area contributed by atoms with Gasteiger partial charge in [-0.05, 0) is 85.6 Å². The van der Waals surface area contributed by atoms with E-state index in [4.69, 9.17) is 14.2 Å². The summed E-state index contributed by atoms with van der Waals surface area (Å²) in [7, 11) is 0. The molecule has 0 radical (unpaired) electrons. The van der Waals surface area contributed by atoms with Crippen LogP contribution in [0, 0.1) is 10.8 Å². The fraction of sp³-hybridized carbons (Fsp3) is 0.611. The van der Waals surface area contributed by atoms with E-state index in [9.17, 15) is 24.3 Å². The number of carbonyl (C=O) groups is 4. The second-order valence-electron chi connectivity index (χ2n) is 14.4.